The molecule has 0 aliphatic heterocycles. The van der Waals surface area contributed by atoms with Crippen LogP contribution in [0, 0.1) is 5.92 Å². The normalized spacial score (nSPS) is 22.8. The van der Waals surface area contributed by atoms with Crippen LogP contribution in [0.25, 0.3) is 20.8 Å². The van der Waals surface area contributed by atoms with E-state index in [0.717, 1.165) is 20.9 Å². The first-order valence-corrected chi connectivity index (χ1v) is 11.2. The fourth-order valence-electron chi connectivity index (χ4n) is 3.97. The zero-order valence-electron chi connectivity index (χ0n) is 17.1. The van der Waals surface area contributed by atoms with Gasteiger partial charge < -0.3 is 26.0 Å². The van der Waals surface area contributed by atoms with Crippen LogP contribution in [0.4, 0.5) is 17.5 Å². The lowest BCUT2D eigenvalue weighted by molar-refractivity contribution is 0.00446. The first-order valence-electron chi connectivity index (χ1n) is 10.4. The van der Waals surface area contributed by atoms with Crippen molar-refractivity contribution in [3.8, 4) is 10.6 Å². The molecule has 5 N–H and O–H groups in total. The molecule has 0 spiro atoms. The second-order valence-electron chi connectivity index (χ2n) is 7.84. The number of fused-ring (bicyclic) bond motifs is 1. The van der Waals surface area contributed by atoms with Crippen LogP contribution in [0.15, 0.2) is 60.8 Å². The smallest absolute Gasteiger partial charge is 0.229 e. The minimum Gasteiger partial charge on any atom is -0.396 e. The largest absolute Gasteiger partial charge is 0.396 e. The number of para-hydroxylation sites is 2. The van der Waals surface area contributed by atoms with E-state index in [-0.39, 0.29) is 6.61 Å². The van der Waals surface area contributed by atoms with Crippen LogP contribution in [-0.2, 0) is 0 Å². The molecule has 0 saturated heterocycles. The van der Waals surface area contributed by atoms with Gasteiger partial charge in [-0.05, 0) is 30.7 Å². The molecule has 8 nitrogen and oxygen atoms in total. The summed E-state index contributed by atoms with van der Waals surface area (Å²) in [6.45, 7) is -0.189. The number of hydrogen-bond acceptors (Lipinski definition) is 9. The highest BCUT2D eigenvalue weighted by Crippen LogP contribution is 2.36. The number of aromatic nitrogens is 3. The molecule has 9 heteroatoms. The van der Waals surface area contributed by atoms with Gasteiger partial charge in [0.05, 0.1) is 27.9 Å². The minimum atomic E-state index is -1.02. The van der Waals surface area contributed by atoms with Crippen LogP contribution in [0.2, 0.25) is 0 Å². The monoisotopic (exact) mass is 449 g/mol. The number of benzene rings is 2. The van der Waals surface area contributed by atoms with Gasteiger partial charge in [-0.3, -0.25) is 0 Å². The molecule has 2 heterocycles. The predicted molar refractivity (Wildman–Crippen MR) is 125 cm³/mol. The summed E-state index contributed by atoms with van der Waals surface area (Å²) in [6.07, 6.45) is 0.117. The Bertz CT molecular complexity index is 1190. The van der Waals surface area contributed by atoms with Gasteiger partial charge in [0.2, 0.25) is 5.95 Å². The number of aliphatic hydroxyl groups is 3. The predicted octanol–water partition coefficient (Wildman–Crippen LogP) is 3.01. The topological polar surface area (TPSA) is 123 Å². The molecule has 32 heavy (non-hydrogen) atoms. The third-order valence-corrected chi connectivity index (χ3v) is 6.77. The molecule has 1 fully saturated rings. The summed E-state index contributed by atoms with van der Waals surface area (Å²) in [6, 6.07) is 17.0. The van der Waals surface area contributed by atoms with Crippen molar-refractivity contribution in [1.29, 1.82) is 0 Å². The van der Waals surface area contributed by atoms with Gasteiger partial charge in [-0.1, -0.05) is 30.3 Å². The van der Waals surface area contributed by atoms with Gasteiger partial charge in [-0.15, -0.1) is 11.3 Å². The van der Waals surface area contributed by atoms with E-state index in [1.807, 2.05) is 54.6 Å². The van der Waals surface area contributed by atoms with Gasteiger partial charge in [0.15, 0.2) is 0 Å². The Balaban J connectivity index is 1.52. The van der Waals surface area contributed by atoms with E-state index in [1.165, 1.54) is 11.3 Å². The molecule has 1 aliphatic rings. The van der Waals surface area contributed by atoms with Crippen LogP contribution in [-0.4, -0.2) is 55.1 Å². The number of hydrogen-bond donors (Lipinski definition) is 5. The Morgan fingerprint density at radius 1 is 0.969 bits per heavy atom. The third-order valence-electron chi connectivity index (χ3n) is 5.70. The first kappa shape index (κ1) is 20.8. The number of rotatable bonds is 6. The van der Waals surface area contributed by atoms with Crippen LogP contribution in [0.1, 0.15) is 6.42 Å². The molecule has 2 aromatic carbocycles. The molecule has 1 saturated carbocycles. The standard InChI is InChI=1S/C23H23N5O3S/c29-12-13-10-17(20(31)19(13)30)26-21-15(22-27-16-8-4-5-9-18(16)32-22)11-24-23(28-21)25-14-6-2-1-3-7-14/h1-9,11,13,17,19-20,29-31H,10,12H2,(H2,24,25,26,28). The molecule has 164 valence electrons. The zero-order valence-corrected chi connectivity index (χ0v) is 17.9. The number of aliphatic hydroxyl groups excluding tert-OH is 3. The van der Waals surface area contributed by atoms with Gasteiger partial charge in [-0.2, -0.15) is 4.98 Å². The van der Waals surface area contributed by atoms with E-state index in [1.54, 1.807) is 6.20 Å². The fourth-order valence-corrected chi connectivity index (χ4v) is 4.95. The van der Waals surface area contributed by atoms with Crippen molar-refractivity contribution in [2.45, 2.75) is 24.7 Å². The number of anilines is 3. The van der Waals surface area contributed by atoms with Crippen LogP contribution < -0.4 is 10.6 Å². The van der Waals surface area contributed by atoms with Crippen molar-refractivity contribution < 1.29 is 15.3 Å². The summed E-state index contributed by atoms with van der Waals surface area (Å²) in [5, 5.41) is 37.5. The van der Waals surface area contributed by atoms with E-state index in [0.29, 0.717) is 23.8 Å². The summed E-state index contributed by atoms with van der Waals surface area (Å²) in [4.78, 5) is 13.9. The molecule has 5 rings (SSSR count). The van der Waals surface area contributed by atoms with Gasteiger partial charge in [0, 0.05) is 24.4 Å². The van der Waals surface area contributed by atoms with Crippen LogP contribution in [0.3, 0.4) is 0 Å². The Hall–Kier alpha value is -3.11. The highest BCUT2D eigenvalue weighted by atomic mass is 32.1. The molecule has 0 bridgehead atoms. The van der Waals surface area contributed by atoms with Crippen molar-refractivity contribution in [3.63, 3.8) is 0 Å². The Morgan fingerprint density at radius 3 is 2.50 bits per heavy atom. The Morgan fingerprint density at radius 2 is 1.75 bits per heavy atom. The highest BCUT2D eigenvalue weighted by molar-refractivity contribution is 7.21. The SMILES string of the molecule is OCC1CC(Nc2nc(Nc3ccccc3)ncc2-c2nc3ccccc3s2)C(O)C1O. The maximum Gasteiger partial charge on any atom is 0.229 e. The second-order valence-corrected chi connectivity index (χ2v) is 8.87. The molecular weight excluding hydrogens is 426 g/mol. The molecule has 4 aromatic rings. The first-order chi connectivity index (χ1) is 15.6. The van der Waals surface area contributed by atoms with E-state index >= 15 is 0 Å². The lowest BCUT2D eigenvalue weighted by Gasteiger charge is -2.20. The van der Waals surface area contributed by atoms with Gasteiger partial charge in [0.25, 0.3) is 0 Å². The summed E-state index contributed by atoms with van der Waals surface area (Å²) in [5.41, 5.74) is 2.45. The summed E-state index contributed by atoms with van der Waals surface area (Å²) < 4.78 is 1.05. The maximum absolute atomic E-state index is 10.5. The molecule has 1 aliphatic carbocycles. The molecule has 4 unspecified atom stereocenters. The summed E-state index contributed by atoms with van der Waals surface area (Å²) >= 11 is 1.54. The summed E-state index contributed by atoms with van der Waals surface area (Å²) in [5.74, 6) is 0.514. The van der Waals surface area contributed by atoms with E-state index < -0.39 is 24.2 Å². The summed E-state index contributed by atoms with van der Waals surface area (Å²) in [7, 11) is 0. The lowest BCUT2D eigenvalue weighted by Crippen LogP contribution is -2.35. The van der Waals surface area contributed by atoms with Crippen molar-refractivity contribution in [1.82, 2.24) is 15.0 Å². The third kappa shape index (κ3) is 4.03. The maximum atomic E-state index is 10.5. The van der Waals surface area contributed by atoms with Gasteiger partial charge in [0.1, 0.15) is 16.9 Å². The quantitative estimate of drug-likeness (QED) is 0.304. The Kier molecular flexibility index (Phi) is 5.71. The number of nitrogens with one attached hydrogen (secondary N) is 2. The zero-order chi connectivity index (χ0) is 22.1. The molecular formula is C23H23N5O3S. The molecule has 0 radical (unpaired) electrons. The fraction of sp³-hybridized carbons (Fsp3) is 0.261. The van der Waals surface area contributed by atoms with Crippen molar-refractivity contribution >= 4 is 39.0 Å². The number of nitrogens with zero attached hydrogens (tertiary/aromatic N) is 3. The van der Waals surface area contributed by atoms with Crippen molar-refractivity contribution in [2.75, 3.05) is 17.2 Å². The highest BCUT2D eigenvalue weighted by Gasteiger charge is 2.41. The van der Waals surface area contributed by atoms with Gasteiger partial charge >= 0.3 is 0 Å². The van der Waals surface area contributed by atoms with E-state index in [4.69, 9.17) is 4.98 Å². The van der Waals surface area contributed by atoms with E-state index in [2.05, 4.69) is 20.6 Å². The average molecular weight is 450 g/mol. The average Bonchev–Trinajstić information content (AvgIpc) is 3.36. The molecule has 4 atom stereocenters. The Labute approximate surface area is 188 Å². The minimum absolute atomic E-state index is 0.189. The second kappa shape index (κ2) is 8.79. The van der Waals surface area contributed by atoms with E-state index in [9.17, 15) is 15.3 Å². The van der Waals surface area contributed by atoms with Crippen molar-refractivity contribution in [3.05, 3.63) is 60.8 Å². The molecule has 2 aromatic heterocycles. The van der Waals surface area contributed by atoms with Crippen molar-refractivity contribution in [2.24, 2.45) is 5.92 Å². The lowest BCUT2D eigenvalue weighted by atomic mass is 10.1. The van der Waals surface area contributed by atoms with Crippen LogP contribution in [0.5, 0.6) is 0 Å². The van der Waals surface area contributed by atoms with Crippen LogP contribution >= 0.6 is 11.3 Å². The number of thiazole rings is 1. The van der Waals surface area contributed by atoms with Gasteiger partial charge in [-0.25, -0.2) is 9.97 Å². The molecule has 0 amide bonds.